The molecule has 1 atom stereocenters. The van der Waals surface area contributed by atoms with E-state index in [4.69, 9.17) is 4.74 Å². The Morgan fingerprint density at radius 2 is 1.93 bits per heavy atom. The first-order chi connectivity index (χ1) is 13.2. The van der Waals surface area contributed by atoms with Crippen LogP contribution in [0, 0.1) is 0 Å². The molecule has 1 fully saturated rings. The molecule has 3 rings (SSSR count). The topological polar surface area (TPSA) is 58.6 Å². The van der Waals surface area contributed by atoms with Gasteiger partial charge in [0.25, 0.3) is 5.91 Å². The van der Waals surface area contributed by atoms with E-state index in [1.165, 1.54) is 0 Å². The lowest BCUT2D eigenvalue weighted by molar-refractivity contribution is -0.128. The van der Waals surface area contributed by atoms with Crippen molar-refractivity contribution in [1.29, 1.82) is 0 Å². The average molecular weight is 385 g/mol. The molecule has 5 nitrogen and oxygen atoms in total. The number of rotatable bonds is 8. The first-order valence-corrected chi connectivity index (χ1v) is 10.1. The summed E-state index contributed by atoms with van der Waals surface area (Å²) in [5.41, 5.74) is 2.78. The van der Waals surface area contributed by atoms with Crippen LogP contribution in [0.25, 0.3) is 0 Å². The summed E-state index contributed by atoms with van der Waals surface area (Å²) < 4.78 is 4.98. The number of hydrogen-bond acceptors (Lipinski definition) is 4. The summed E-state index contributed by atoms with van der Waals surface area (Å²) in [4.78, 5) is 26.4. The lowest BCUT2D eigenvalue weighted by Gasteiger charge is -2.24. The maximum absolute atomic E-state index is 12.3. The van der Waals surface area contributed by atoms with Gasteiger partial charge in [-0.05, 0) is 29.7 Å². The third kappa shape index (κ3) is 5.11. The summed E-state index contributed by atoms with van der Waals surface area (Å²) in [6, 6.07) is 17.5. The zero-order valence-corrected chi connectivity index (χ0v) is 16.2. The van der Waals surface area contributed by atoms with Crippen molar-refractivity contribution >= 4 is 23.6 Å². The standard InChI is InChI=1S/C21H24N2O3S/c1-26-13-5-12-22-20(25)17-8-10-18(11-9-17)21-23(19(24)15-27-21)14-16-6-3-2-4-7-16/h2-4,6-11,21H,5,12-15H2,1H3,(H,22,25)/t21-/m1/s1. The van der Waals surface area contributed by atoms with Crippen LogP contribution >= 0.6 is 11.8 Å². The summed E-state index contributed by atoms with van der Waals surface area (Å²) in [6.07, 6.45) is 0.787. The molecule has 0 spiro atoms. The van der Waals surface area contributed by atoms with Crippen LogP contribution in [0.4, 0.5) is 0 Å². The number of nitrogens with one attached hydrogen (secondary N) is 1. The molecule has 27 heavy (non-hydrogen) atoms. The van der Waals surface area contributed by atoms with Crippen molar-refractivity contribution in [2.45, 2.75) is 18.3 Å². The van der Waals surface area contributed by atoms with E-state index in [2.05, 4.69) is 5.32 Å². The van der Waals surface area contributed by atoms with Gasteiger partial charge in [0, 0.05) is 32.4 Å². The van der Waals surface area contributed by atoms with Crippen LogP contribution in [-0.4, -0.2) is 42.7 Å². The number of ether oxygens (including phenoxy) is 1. The Kier molecular flexibility index (Phi) is 6.90. The molecule has 0 aliphatic carbocycles. The molecular formula is C21H24N2O3S. The van der Waals surface area contributed by atoms with E-state index in [0.29, 0.717) is 31.0 Å². The summed E-state index contributed by atoms with van der Waals surface area (Å²) >= 11 is 1.63. The van der Waals surface area contributed by atoms with E-state index in [1.54, 1.807) is 18.9 Å². The Hall–Kier alpha value is -2.31. The van der Waals surface area contributed by atoms with Crippen molar-refractivity contribution in [3.63, 3.8) is 0 Å². The zero-order chi connectivity index (χ0) is 19.1. The van der Waals surface area contributed by atoms with Crippen LogP contribution in [0.5, 0.6) is 0 Å². The van der Waals surface area contributed by atoms with E-state index in [-0.39, 0.29) is 17.2 Å². The number of carbonyl (C=O) groups is 2. The van der Waals surface area contributed by atoms with Gasteiger partial charge in [0.15, 0.2) is 0 Å². The van der Waals surface area contributed by atoms with Crippen molar-refractivity contribution in [3.8, 4) is 0 Å². The smallest absolute Gasteiger partial charge is 0.251 e. The predicted octanol–water partition coefficient (Wildman–Crippen LogP) is 3.23. The molecule has 1 aliphatic heterocycles. The number of thioether (sulfide) groups is 1. The molecule has 0 saturated carbocycles. The molecule has 1 N–H and O–H groups in total. The molecule has 0 bridgehead atoms. The van der Waals surface area contributed by atoms with E-state index in [9.17, 15) is 9.59 Å². The van der Waals surface area contributed by atoms with Gasteiger partial charge in [-0.15, -0.1) is 11.8 Å². The van der Waals surface area contributed by atoms with Crippen LogP contribution in [0.1, 0.15) is 33.3 Å². The van der Waals surface area contributed by atoms with E-state index >= 15 is 0 Å². The summed E-state index contributed by atoms with van der Waals surface area (Å²) in [7, 11) is 1.65. The first kappa shape index (κ1) is 19.5. The van der Waals surface area contributed by atoms with Gasteiger partial charge in [-0.1, -0.05) is 42.5 Å². The minimum absolute atomic E-state index is 0.0171. The van der Waals surface area contributed by atoms with Gasteiger partial charge in [-0.25, -0.2) is 0 Å². The number of hydrogen-bond donors (Lipinski definition) is 1. The van der Waals surface area contributed by atoms with Crippen LogP contribution in [0.15, 0.2) is 54.6 Å². The highest BCUT2D eigenvalue weighted by Gasteiger charge is 2.32. The molecule has 0 radical (unpaired) electrons. The average Bonchev–Trinajstić information content (AvgIpc) is 3.06. The lowest BCUT2D eigenvalue weighted by Crippen LogP contribution is -2.28. The number of methoxy groups -OCH3 is 1. The Balaban J connectivity index is 1.64. The second kappa shape index (κ2) is 9.58. The van der Waals surface area contributed by atoms with Crippen molar-refractivity contribution in [2.75, 3.05) is 26.0 Å². The summed E-state index contributed by atoms with van der Waals surface area (Å²) in [5.74, 6) is 0.543. The Morgan fingerprint density at radius 1 is 1.19 bits per heavy atom. The molecular weight excluding hydrogens is 360 g/mol. The lowest BCUT2D eigenvalue weighted by atomic mass is 10.1. The second-order valence-corrected chi connectivity index (χ2v) is 7.46. The maximum Gasteiger partial charge on any atom is 0.251 e. The fourth-order valence-electron chi connectivity index (χ4n) is 3.00. The minimum Gasteiger partial charge on any atom is -0.385 e. The minimum atomic E-state index is -0.0889. The van der Waals surface area contributed by atoms with Crippen LogP contribution < -0.4 is 5.32 Å². The highest BCUT2D eigenvalue weighted by molar-refractivity contribution is 8.00. The third-order valence-electron chi connectivity index (χ3n) is 4.43. The molecule has 2 aromatic carbocycles. The quantitative estimate of drug-likeness (QED) is 0.710. The highest BCUT2D eigenvalue weighted by atomic mass is 32.2. The molecule has 0 aromatic heterocycles. The van der Waals surface area contributed by atoms with Crippen LogP contribution in [0.2, 0.25) is 0 Å². The van der Waals surface area contributed by atoms with Gasteiger partial charge in [-0.2, -0.15) is 0 Å². The van der Waals surface area contributed by atoms with Gasteiger partial charge < -0.3 is 15.0 Å². The summed E-state index contributed by atoms with van der Waals surface area (Å²) in [6.45, 7) is 1.81. The van der Waals surface area contributed by atoms with Crippen molar-refractivity contribution in [3.05, 3.63) is 71.3 Å². The third-order valence-corrected chi connectivity index (χ3v) is 5.69. The van der Waals surface area contributed by atoms with E-state index in [0.717, 1.165) is 17.5 Å². The Labute approximate surface area is 164 Å². The van der Waals surface area contributed by atoms with Gasteiger partial charge >= 0.3 is 0 Å². The van der Waals surface area contributed by atoms with Gasteiger partial charge in [0.05, 0.1) is 5.75 Å². The number of benzene rings is 2. The highest BCUT2D eigenvalue weighted by Crippen LogP contribution is 2.39. The van der Waals surface area contributed by atoms with E-state index < -0.39 is 0 Å². The zero-order valence-electron chi connectivity index (χ0n) is 15.4. The number of nitrogens with zero attached hydrogens (tertiary/aromatic N) is 1. The molecule has 1 saturated heterocycles. The number of carbonyl (C=O) groups excluding carboxylic acids is 2. The molecule has 6 heteroatoms. The van der Waals surface area contributed by atoms with Crippen molar-refractivity contribution in [1.82, 2.24) is 10.2 Å². The monoisotopic (exact) mass is 384 g/mol. The maximum atomic E-state index is 12.3. The Morgan fingerprint density at radius 3 is 2.63 bits per heavy atom. The molecule has 1 aliphatic rings. The van der Waals surface area contributed by atoms with E-state index in [1.807, 2.05) is 59.5 Å². The van der Waals surface area contributed by atoms with Gasteiger partial charge in [0.2, 0.25) is 5.91 Å². The normalized spacial score (nSPS) is 16.6. The fraction of sp³-hybridized carbons (Fsp3) is 0.333. The largest absolute Gasteiger partial charge is 0.385 e. The van der Waals surface area contributed by atoms with Gasteiger partial charge in [-0.3, -0.25) is 9.59 Å². The molecule has 142 valence electrons. The van der Waals surface area contributed by atoms with Crippen LogP contribution in [0.3, 0.4) is 0 Å². The molecule has 2 aromatic rings. The first-order valence-electron chi connectivity index (χ1n) is 9.01. The van der Waals surface area contributed by atoms with Crippen molar-refractivity contribution < 1.29 is 14.3 Å². The Bertz CT molecular complexity index is 765. The molecule has 2 amide bonds. The number of amides is 2. The van der Waals surface area contributed by atoms with Crippen molar-refractivity contribution in [2.24, 2.45) is 0 Å². The van der Waals surface area contributed by atoms with Crippen LogP contribution in [-0.2, 0) is 16.1 Å². The predicted molar refractivity (Wildman–Crippen MR) is 107 cm³/mol. The fourth-order valence-corrected chi connectivity index (χ4v) is 4.19. The SMILES string of the molecule is COCCCNC(=O)c1ccc([C@H]2SCC(=O)N2Cc2ccccc2)cc1. The summed E-state index contributed by atoms with van der Waals surface area (Å²) in [5, 5.41) is 2.87. The molecule has 1 heterocycles. The molecule has 0 unspecified atom stereocenters. The second-order valence-electron chi connectivity index (χ2n) is 6.39. The van der Waals surface area contributed by atoms with Gasteiger partial charge in [0.1, 0.15) is 5.37 Å².